The van der Waals surface area contributed by atoms with Gasteiger partial charge in [0.05, 0.1) is 22.3 Å². The molecule has 3 rings (SSSR count). The fraction of sp³-hybridized carbons (Fsp3) is 0.364. The Balaban J connectivity index is 1.64. The third-order valence-corrected chi connectivity index (χ3v) is 5.98. The van der Waals surface area contributed by atoms with E-state index in [-0.39, 0.29) is 11.8 Å². The van der Waals surface area contributed by atoms with Crippen LogP contribution >= 0.6 is 27.5 Å². The minimum Gasteiger partial charge on any atom is -0.496 e. The molecule has 8 heteroatoms. The monoisotopic (exact) mass is 493 g/mol. The van der Waals surface area contributed by atoms with Gasteiger partial charge in [-0.2, -0.15) is 0 Å². The predicted molar refractivity (Wildman–Crippen MR) is 124 cm³/mol. The Kier molecular flexibility index (Phi) is 7.61. The fourth-order valence-corrected chi connectivity index (χ4v) is 4.26. The number of ether oxygens (including phenoxy) is 1. The van der Waals surface area contributed by atoms with Crippen LogP contribution in [-0.2, 0) is 4.79 Å². The number of hydrogen-bond acceptors (Lipinski definition) is 4. The highest BCUT2D eigenvalue weighted by atomic mass is 79.9. The Hall–Kier alpha value is -2.25. The van der Waals surface area contributed by atoms with Crippen LogP contribution < -0.4 is 15.0 Å². The number of anilines is 2. The van der Waals surface area contributed by atoms with Crippen molar-refractivity contribution in [3.8, 4) is 5.75 Å². The molecule has 1 N–H and O–H groups in total. The first kappa shape index (κ1) is 22.4. The van der Waals surface area contributed by atoms with E-state index in [1.807, 2.05) is 24.0 Å². The number of carbonyl (C=O) groups is 2. The normalized spacial score (nSPS) is 13.9. The molecule has 0 saturated carbocycles. The minimum absolute atomic E-state index is 0.214. The summed E-state index contributed by atoms with van der Waals surface area (Å²) in [7, 11) is 1.58. The lowest BCUT2D eigenvalue weighted by atomic mass is 10.2. The van der Waals surface area contributed by atoms with E-state index in [2.05, 4.69) is 26.1 Å². The lowest BCUT2D eigenvalue weighted by molar-refractivity contribution is -0.131. The van der Waals surface area contributed by atoms with Crippen molar-refractivity contribution in [2.24, 2.45) is 0 Å². The molecule has 0 unspecified atom stereocenters. The first-order valence-electron chi connectivity index (χ1n) is 9.90. The van der Waals surface area contributed by atoms with Gasteiger partial charge in [0, 0.05) is 43.9 Å². The van der Waals surface area contributed by atoms with Crippen LogP contribution in [0.15, 0.2) is 40.9 Å². The average Bonchev–Trinajstić information content (AvgIpc) is 2.74. The number of nitrogens with zero attached hydrogens (tertiary/aromatic N) is 2. The van der Waals surface area contributed by atoms with Crippen LogP contribution in [0.2, 0.25) is 5.02 Å². The SMILES string of the molecule is CCCC(=O)N1CCN(c2ccc(NC(=O)c3ccc(OC)c(Br)c3)cc2Cl)CC1. The maximum absolute atomic E-state index is 12.6. The molecule has 0 atom stereocenters. The number of hydrogen-bond donors (Lipinski definition) is 1. The van der Waals surface area contributed by atoms with Gasteiger partial charge in [-0.15, -0.1) is 0 Å². The van der Waals surface area contributed by atoms with Crippen LogP contribution in [0.5, 0.6) is 5.75 Å². The summed E-state index contributed by atoms with van der Waals surface area (Å²) in [6.07, 6.45) is 1.46. The molecular formula is C22H25BrClN3O3. The average molecular weight is 495 g/mol. The molecule has 1 heterocycles. The van der Waals surface area contributed by atoms with E-state index in [9.17, 15) is 9.59 Å². The quantitative estimate of drug-likeness (QED) is 0.626. The van der Waals surface area contributed by atoms with E-state index in [4.69, 9.17) is 16.3 Å². The molecule has 2 amide bonds. The van der Waals surface area contributed by atoms with Crippen LogP contribution in [0.3, 0.4) is 0 Å². The molecule has 1 aliphatic rings. The van der Waals surface area contributed by atoms with E-state index >= 15 is 0 Å². The summed E-state index contributed by atoms with van der Waals surface area (Å²) in [5.41, 5.74) is 2.04. The van der Waals surface area contributed by atoms with Gasteiger partial charge in [-0.25, -0.2) is 0 Å². The number of nitrogens with one attached hydrogen (secondary N) is 1. The van der Waals surface area contributed by atoms with Gasteiger partial charge >= 0.3 is 0 Å². The lowest BCUT2D eigenvalue weighted by Gasteiger charge is -2.36. The maximum Gasteiger partial charge on any atom is 0.255 e. The van der Waals surface area contributed by atoms with Gasteiger partial charge in [0.15, 0.2) is 0 Å². The van der Waals surface area contributed by atoms with E-state index in [0.717, 1.165) is 25.2 Å². The summed E-state index contributed by atoms with van der Waals surface area (Å²) < 4.78 is 5.90. The van der Waals surface area contributed by atoms with Crippen molar-refractivity contribution in [3.63, 3.8) is 0 Å². The van der Waals surface area contributed by atoms with Crippen LogP contribution in [0.25, 0.3) is 0 Å². The summed E-state index contributed by atoms with van der Waals surface area (Å²) in [4.78, 5) is 28.7. The first-order valence-corrected chi connectivity index (χ1v) is 11.1. The minimum atomic E-state index is -0.231. The van der Waals surface area contributed by atoms with Gasteiger partial charge < -0.3 is 19.9 Å². The zero-order valence-corrected chi connectivity index (χ0v) is 19.4. The number of piperazine rings is 1. The van der Waals surface area contributed by atoms with Crippen LogP contribution in [-0.4, -0.2) is 50.0 Å². The third-order valence-electron chi connectivity index (χ3n) is 5.06. The van der Waals surface area contributed by atoms with Crippen molar-refractivity contribution in [1.82, 2.24) is 4.90 Å². The molecule has 2 aromatic carbocycles. The molecular weight excluding hydrogens is 470 g/mol. The van der Waals surface area contributed by atoms with Gasteiger partial charge in [-0.3, -0.25) is 9.59 Å². The summed E-state index contributed by atoms with van der Waals surface area (Å²) in [6.45, 7) is 4.88. The molecule has 1 fully saturated rings. The molecule has 6 nitrogen and oxygen atoms in total. The van der Waals surface area contributed by atoms with Gasteiger partial charge in [0.1, 0.15) is 5.75 Å². The molecule has 30 heavy (non-hydrogen) atoms. The highest BCUT2D eigenvalue weighted by molar-refractivity contribution is 9.10. The van der Waals surface area contributed by atoms with E-state index < -0.39 is 0 Å². The smallest absolute Gasteiger partial charge is 0.255 e. The molecule has 2 aromatic rings. The molecule has 0 bridgehead atoms. The Morgan fingerprint density at radius 1 is 1.13 bits per heavy atom. The van der Waals surface area contributed by atoms with Gasteiger partial charge in [-0.1, -0.05) is 18.5 Å². The summed E-state index contributed by atoms with van der Waals surface area (Å²) in [6, 6.07) is 10.7. The van der Waals surface area contributed by atoms with Crippen LogP contribution in [0.1, 0.15) is 30.1 Å². The second-order valence-corrected chi connectivity index (χ2v) is 8.35. The van der Waals surface area contributed by atoms with Crippen molar-refractivity contribution < 1.29 is 14.3 Å². The zero-order chi connectivity index (χ0) is 21.7. The van der Waals surface area contributed by atoms with E-state index in [1.165, 1.54) is 0 Å². The summed E-state index contributed by atoms with van der Waals surface area (Å²) in [5, 5.41) is 3.44. The molecule has 0 radical (unpaired) electrons. The third kappa shape index (κ3) is 5.26. The molecule has 160 valence electrons. The molecule has 0 aromatic heterocycles. The zero-order valence-electron chi connectivity index (χ0n) is 17.1. The highest BCUT2D eigenvalue weighted by Gasteiger charge is 2.22. The highest BCUT2D eigenvalue weighted by Crippen LogP contribution is 2.30. The van der Waals surface area contributed by atoms with Gasteiger partial charge in [0.2, 0.25) is 5.91 Å². The number of rotatable bonds is 6. The summed E-state index contributed by atoms with van der Waals surface area (Å²) in [5.74, 6) is 0.645. The van der Waals surface area contributed by atoms with Gasteiger partial charge in [-0.05, 0) is 58.7 Å². The Bertz CT molecular complexity index is 930. The Morgan fingerprint density at radius 2 is 1.87 bits per heavy atom. The number of halogens is 2. The lowest BCUT2D eigenvalue weighted by Crippen LogP contribution is -2.48. The summed E-state index contributed by atoms with van der Waals surface area (Å²) >= 11 is 9.90. The molecule has 1 saturated heterocycles. The van der Waals surface area contributed by atoms with Gasteiger partial charge in [0.25, 0.3) is 5.91 Å². The predicted octanol–water partition coefficient (Wildman–Crippen LogP) is 4.81. The maximum atomic E-state index is 12.6. The second-order valence-electron chi connectivity index (χ2n) is 7.09. The number of methoxy groups -OCH3 is 1. The molecule has 0 aliphatic carbocycles. The number of amides is 2. The molecule has 0 spiro atoms. The van der Waals surface area contributed by atoms with E-state index in [0.29, 0.717) is 46.0 Å². The van der Waals surface area contributed by atoms with E-state index in [1.54, 1.807) is 31.4 Å². The number of benzene rings is 2. The molecule has 1 aliphatic heterocycles. The topological polar surface area (TPSA) is 61.9 Å². The van der Waals surface area contributed by atoms with Crippen molar-refractivity contribution in [2.45, 2.75) is 19.8 Å². The van der Waals surface area contributed by atoms with Crippen LogP contribution in [0.4, 0.5) is 11.4 Å². The first-order chi connectivity index (χ1) is 14.4. The van der Waals surface area contributed by atoms with Crippen molar-refractivity contribution >= 4 is 50.7 Å². The standard InChI is InChI=1S/C22H25BrClN3O3/c1-3-4-21(28)27-11-9-26(10-12-27)19-7-6-16(14-18(19)24)25-22(29)15-5-8-20(30-2)17(23)13-15/h5-8,13-14H,3-4,9-12H2,1-2H3,(H,25,29). The Morgan fingerprint density at radius 3 is 2.47 bits per heavy atom. The second kappa shape index (κ2) is 10.2. The largest absolute Gasteiger partial charge is 0.496 e. The Labute approximate surface area is 190 Å². The fourth-order valence-electron chi connectivity index (χ4n) is 3.42. The van der Waals surface area contributed by atoms with Crippen molar-refractivity contribution in [1.29, 1.82) is 0 Å². The number of carbonyl (C=O) groups excluding carboxylic acids is 2. The van der Waals surface area contributed by atoms with Crippen molar-refractivity contribution in [3.05, 3.63) is 51.5 Å². The van der Waals surface area contributed by atoms with Crippen molar-refractivity contribution in [2.75, 3.05) is 43.5 Å². The van der Waals surface area contributed by atoms with Crippen LogP contribution in [0, 0.1) is 0 Å².